The maximum atomic E-state index is 13.3. The van der Waals surface area contributed by atoms with E-state index in [1.807, 2.05) is 24.3 Å². The van der Waals surface area contributed by atoms with Gasteiger partial charge in [-0.1, -0.05) is 18.2 Å². The van der Waals surface area contributed by atoms with Gasteiger partial charge in [0.25, 0.3) is 0 Å². The zero-order valence-electron chi connectivity index (χ0n) is 39.7. The van der Waals surface area contributed by atoms with Crippen molar-refractivity contribution in [2.75, 3.05) is 92.8 Å². The molecule has 0 spiro atoms. The highest BCUT2D eigenvalue weighted by Gasteiger charge is 2.44. The van der Waals surface area contributed by atoms with E-state index in [1.165, 1.54) is 12.4 Å². The number of anilines is 8. The van der Waals surface area contributed by atoms with Crippen molar-refractivity contribution in [3.8, 4) is 5.75 Å². The number of rotatable bonds is 5. The Morgan fingerprint density at radius 2 is 1.10 bits per heavy atom. The van der Waals surface area contributed by atoms with Gasteiger partial charge in [-0.3, -0.25) is 15.5 Å². The Morgan fingerprint density at radius 1 is 0.575 bits per heavy atom. The van der Waals surface area contributed by atoms with Crippen LogP contribution < -0.4 is 45.2 Å². The van der Waals surface area contributed by atoms with Gasteiger partial charge in [0.1, 0.15) is 17.4 Å². The van der Waals surface area contributed by atoms with Crippen LogP contribution in [0.2, 0.25) is 0 Å². The summed E-state index contributed by atoms with van der Waals surface area (Å²) in [6.07, 6.45) is 2.61. The number of amides is 3. The third kappa shape index (κ3) is 13.6. The number of hydrogen-bond acceptors (Lipinski definition) is 14. The summed E-state index contributed by atoms with van der Waals surface area (Å²) in [5.74, 6) is 0.682. The van der Waals surface area contributed by atoms with E-state index >= 15 is 0 Å². The molecular formula is C48H58F6N14O3S2. The number of fused-ring (bicyclic) bond motifs is 8. The highest BCUT2D eigenvalue weighted by atomic mass is 32.1. The molecule has 6 aliphatic heterocycles. The molecule has 11 rings (SSSR count). The van der Waals surface area contributed by atoms with Crippen LogP contribution in [0.5, 0.6) is 5.75 Å². The number of nitrogens with one attached hydrogen (secondary N) is 3. The van der Waals surface area contributed by atoms with Crippen molar-refractivity contribution < 1.29 is 40.7 Å². The lowest BCUT2D eigenvalue weighted by atomic mass is 9.97. The number of carbonyl (C=O) groups is 2. The first-order valence-corrected chi connectivity index (χ1v) is 23.8. The van der Waals surface area contributed by atoms with E-state index in [4.69, 9.17) is 9.72 Å². The topological polar surface area (TPSA) is 173 Å². The van der Waals surface area contributed by atoms with Crippen molar-refractivity contribution in [2.45, 2.75) is 75.8 Å². The first-order valence-electron chi connectivity index (χ1n) is 23.8. The summed E-state index contributed by atoms with van der Waals surface area (Å²) >= 11 is 0. The second-order valence-corrected chi connectivity index (χ2v) is 18.1. The van der Waals surface area contributed by atoms with Crippen molar-refractivity contribution in [3.63, 3.8) is 0 Å². The van der Waals surface area contributed by atoms with Gasteiger partial charge in [0.15, 0.2) is 11.6 Å². The Balaban J connectivity index is 0.000000168. The van der Waals surface area contributed by atoms with Crippen molar-refractivity contribution in [1.82, 2.24) is 29.9 Å². The monoisotopic (exact) mass is 1060 g/mol. The van der Waals surface area contributed by atoms with Gasteiger partial charge in [0.2, 0.25) is 11.9 Å². The molecule has 3 N–H and O–H groups in total. The van der Waals surface area contributed by atoms with E-state index in [2.05, 4.69) is 50.7 Å². The fraction of sp³-hybridized carbons (Fsp3) is 0.458. The second kappa shape index (κ2) is 24.0. The Morgan fingerprint density at radius 3 is 1.70 bits per heavy atom. The quantitative estimate of drug-likeness (QED) is 0.142. The predicted molar refractivity (Wildman–Crippen MR) is 277 cm³/mol. The van der Waals surface area contributed by atoms with E-state index in [0.29, 0.717) is 61.7 Å². The number of hydrogen-bond donors (Lipinski definition) is 3. The van der Waals surface area contributed by atoms with Crippen molar-refractivity contribution in [2.24, 2.45) is 11.8 Å². The summed E-state index contributed by atoms with van der Waals surface area (Å²) in [6, 6.07) is 19.5. The number of pyridine rings is 2. The normalized spacial score (nSPS) is 20.8. The zero-order valence-corrected chi connectivity index (χ0v) is 41.7. The van der Waals surface area contributed by atoms with Crippen LogP contribution in [-0.4, -0.2) is 119 Å². The third-order valence-electron chi connectivity index (χ3n) is 13.3. The molecule has 392 valence electrons. The summed E-state index contributed by atoms with van der Waals surface area (Å²) in [5, 5.41) is 8.58. The Hall–Kier alpha value is -6.50. The van der Waals surface area contributed by atoms with Crippen molar-refractivity contribution >= 4 is 85.7 Å². The Bertz CT molecular complexity index is 2560. The smallest absolute Gasteiger partial charge is 0.410 e. The molecule has 0 aliphatic carbocycles. The minimum absolute atomic E-state index is 0. The number of aromatic nitrogens is 6. The molecule has 4 aromatic heterocycles. The van der Waals surface area contributed by atoms with E-state index in [0.717, 1.165) is 62.5 Å². The minimum Gasteiger partial charge on any atom is -0.410 e. The van der Waals surface area contributed by atoms with Gasteiger partial charge in [-0.15, -0.1) is 0 Å². The van der Waals surface area contributed by atoms with Gasteiger partial charge >= 0.3 is 24.5 Å². The minimum atomic E-state index is -4.22. The fourth-order valence-electron chi connectivity index (χ4n) is 9.84. The lowest BCUT2D eigenvalue weighted by Gasteiger charge is -2.46. The molecule has 2 unspecified atom stereocenters. The summed E-state index contributed by atoms with van der Waals surface area (Å²) < 4.78 is 83.9. The van der Waals surface area contributed by atoms with Crippen LogP contribution in [0.15, 0.2) is 91.5 Å². The van der Waals surface area contributed by atoms with Gasteiger partial charge in [0, 0.05) is 83.2 Å². The number of halogens is 6. The zero-order chi connectivity index (χ0) is 49.5. The van der Waals surface area contributed by atoms with Gasteiger partial charge in [0.05, 0.1) is 29.3 Å². The lowest BCUT2D eigenvalue weighted by molar-refractivity contribution is -0.176. The molecule has 4 atom stereocenters. The molecule has 3 amide bonds. The van der Waals surface area contributed by atoms with Gasteiger partial charge < -0.3 is 29.7 Å². The van der Waals surface area contributed by atoms with Crippen LogP contribution in [0.25, 0.3) is 0 Å². The molecule has 4 bridgehead atoms. The number of carbonyl (C=O) groups excluding carboxylic acids is 2. The van der Waals surface area contributed by atoms with Gasteiger partial charge in [-0.25, -0.2) is 39.5 Å². The van der Waals surface area contributed by atoms with Crippen LogP contribution >= 0.6 is 27.0 Å². The van der Waals surface area contributed by atoms with Crippen LogP contribution in [0, 0.1) is 11.8 Å². The Kier molecular flexibility index (Phi) is 17.9. The summed E-state index contributed by atoms with van der Waals surface area (Å²) in [7, 11) is 0. The number of ether oxygens (including phenoxy) is 1. The molecule has 6 aliphatic rings. The van der Waals surface area contributed by atoms with E-state index < -0.39 is 30.3 Å². The summed E-state index contributed by atoms with van der Waals surface area (Å²) in [5.41, 5.74) is 1.90. The highest BCUT2D eigenvalue weighted by molar-refractivity contribution is 7.59. The molecule has 10 heterocycles. The molecule has 73 heavy (non-hydrogen) atoms. The molecule has 17 nitrogen and oxygen atoms in total. The summed E-state index contributed by atoms with van der Waals surface area (Å²) in [6.45, 7) is 4.63. The molecule has 1 aromatic carbocycles. The van der Waals surface area contributed by atoms with Crippen LogP contribution in [0.3, 0.4) is 0 Å². The standard InChI is InChI=1S/C21H24F3N7O.C16H21F3N4.C11H9N3O2.2H2S/c22-21(23,24)14-4-1-11-30(12-14)17-7-6-16-18(27-17)31(15-5-2-10-29(16)13-15)20(32)28-19-25-8-3-9-26-19;17-16(18,19)11-3-1-8-23(9-11)14-6-5-13-15(21-14)20-12-4-2-7-22(13)10-12;15-11(14-10-12-7-4-8-13-10)16-9-5-2-1-3-6-9;;/h3,6-9,14-15H,1-2,4-5,10-13H2,(H,25,26,28,32);5-6,11-12H,1-4,7-10H2,(H,20,21);1-8H,(H,12,13,14,15);2*1H2/t14?,15-;11?,12-;;;/m00.../s1. The predicted octanol–water partition coefficient (Wildman–Crippen LogP) is 9.24. The van der Waals surface area contributed by atoms with Crippen molar-refractivity contribution in [1.29, 1.82) is 0 Å². The van der Waals surface area contributed by atoms with Crippen LogP contribution in [0.1, 0.15) is 51.4 Å². The number of nitrogens with zero attached hydrogens (tertiary/aromatic N) is 11. The number of alkyl halides is 6. The maximum absolute atomic E-state index is 13.3. The average molecular weight is 1060 g/mol. The molecule has 0 radical (unpaired) electrons. The Labute approximate surface area is 432 Å². The van der Waals surface area contributed by atoms with Gasteiger partial charge in [-0.2, -0.15) is 53.3 Å². The molecular weight excluding hydrogens is 999 g/mol. The molecule has 4 saturated heterocycles. The van der Waals surface area contributed by atoms with Crippen molar-refractivity contribution in [3.05, 3.63) is 91.5 Å². The average Bonchev–Trinajstić information content (AvgIpc) is 3.37. The first-order chi connectivity index (χ1) is 34.2. The van der Waals surface area contributed by atoms with Crippen LogP contribution in [0.4, 0.5) is 82.5 Å². The third-order valence-corrected chi connectivity index (χ3v) is 13.3. The SMILES string of the molecule is FC(F)(F)C1CCCN(c2ccc3c(n2)N[C@H]2CCCN3C2)C1.O=C(Nc1ncccn1)N1c2nc(N3CCCC(C(F)(F)F)C3)ccc2N2CCC[C@H]1C2.O=C(Nc1ncccn1)Oc1ccccc1.S.S. The van der Waals surface area contributed by atoms with Crippen LogP contribution in [-0.2, 0) is 0 Å². The van der Waals surface area contributed by atoms with Gasteiger partial charge in [-0.05, 0) is 99.9 Å². The second-order valence-electron chi connectivity index (χ2n) is 18.1. The molecule has 25 heteroatoms. The summed E-state index contributed by atoms with van der Waals surface area (Å²) in [4.78, 5) is 59.3. The molecule has 5 aromatic rings. The van der Waals surface area contributed by atoms with E-state index in [1.54, 1.807) is 69.6 Å². The number of urea groups is 1. The molecule has 0 saturated carbocycles. The number of para-hydroxylation sites is 1. The first kappa shape index (κ1) is 54.3. The highest BCUT2D eigenvalue weighted by Crippen LogP contribution is 2.42. The lowest BCUT2D eigenvalue weighted by Crippen LogP contribution is -2.56. The van der Waals surface area contributed by atoms with E-state index in [-0.39, 0.29) is 76.9 Å². The fourth-order valence-corrected chi connectivity index (χ4v) is 9.84. The molecule has 4 fully saturated rings. The van der Waals surface area contributed by atoms with E-state index in [9.17, 15) is 35.9 Å². The maximum Gasteiger partial charge on any atom is 0.419 e. The number of piperidine rings is 4. The number of benzene rings is 1. The largest absolute Gasteiger partial charge is 0.419 e.